The van der Waals surface area contributed by atoms with Gasteiger partial charge >= 0.3 is 6.03 Å². The molecule has 2 aliphatic heterocycles. The van der Waals surface area contributed by atoms with E-state index in [9.17, 15) is 4.79 Å². The molecule has 2 heterocycles. The monoisotopic (exact) mass is 556 g/mol. The van der Waals surface area contributed by atoms with Gasteiger partial charge in [0, 0.05) is 41.2 Å². The molecule has 1 N–H and O–H groups in total. The van der Waals surface area contributed by atoms with Crippen molar-refractivity contribution in [3.8, 4) is 5.75 Å². The number of carbonyl (C=O) groups excluding carboxylic acids is 1. The zero-order valence-corrected chi connectivity index (χ0v) is 22.6. The van der Waals surface area contributed by atoms with Gasteiger partial charge < -0.3 is 15.0 Å². The van der Waals surface area contributed by atoms with Gasteiger partial charge in [-0.15, -0.1) is 0 Å². The van der Waals surface area contributed by atoms with E-state index in [0.29, 0.717) is 51.9 Å². The molecule has 2 unspecified atom stereocenters. The Labute approximate surface area is 231 Å². The van der Waals surface area contributed by atoms with Gasteiger partial charge in [-0.05, 0) is 60.5 Å². The molecule has 9 heteroatoms. The Bertz CT molecular complexity index is 1290. The number of aliphatic imine (C=N–C) groups is 1. The molecular formula is C28H27Cl3N4O2. The number of ether oxygens (including phenoxy) is 1. The van der Waals surface area contributed by atoms with Crippen LogP contribution in [0.25, 0.3) is 0 Å². The quantitative estimate of drug-likeness (QED) is 0.384. The molecular weight excluding hydrogens is 531 g/mol. The number of nitrogens with zero attached hydrogens (tertiary/aromatic N) is 3. The molecule has 0 spiro atoms. The fourth-order valence-corrected chi connectivity index (χ4v) is 5.23. The van der Waals surface area contributed by atoms with Crippen molar-refractivity contribution in [2.45, 2.75) is 19.0 Å². The number of piperazine rings is 1. The first-order valence-corrected chi connectivity index (χ1v) is 13.4. The molecule has 2 atom stereocenters. The van der Waals surface area contributed by atoms with E-state index >= 15 is 0 Å². The minimum absolute atomic E-state index is 0.103. The highest BCUT2D eigenvalue weighted by Crippen LogP contribution is 2.45. The van der Waals surface area contributed by atoms with Gasteiger partial charge in [0.25, 0.3) is 0 Å². The van der Waals surface area contributed by atoms with Crippen LogP contribution in [0, 0.1) is 0 Å². The van der Waals surface area contributed by atoms with Gasteiger partial charge in [0.05, 0.1) is 18.2 Å². The van der Waals surface area contributed by atoms with E-state index in [2.05, 4.69) is 5.32 Å². The Morgan fingerprint density at radius 1 is 0.919 bits per heavy atom. The Hall–Kier alpha value is -2.77. The van der Waals surface area contributed by atoms with Gasteiger partial charge in [-0.25, -0.2) is 4.79 Å². The van der Waals surface area contributed by atoms with Crippen molar-refractivity contribution in [3.05, 3.63) is 98.5 Å². The molecule has 0 aromatic heterocycles. The number of halogens is 3. The number of amidine groups is 1. The van der Waals surface area contributed by atoms with E-state index in [1.54, 1.807) is 17.0 Å². The molecule has 0 radical (unpaired) electrons. The van der Waals surface area contributed by atoms with Crippen LogP contribution in [0.15, 0.2) is 71.7 Å². The summed E-state index contributed by atoms with van der Waals surface area (Å²) in [6.07, 6.45) is 0. The van der Waals surface area contributed by atoms with E-state index in [0.717, 1.165) is 24.2 Å². The third-order valence-corrected chi connectivity index (χ3v) is 7.31. The van der Waals surface area contributed by atoms with E-state index in [1.807, 2.05) is 66.4 Å². The molecule has 0 aliphatic carbocycles. The molecule has 37 heavy (non-hydrogen) atoms. The van der Waals surface area contributed by atoms with Crippen LogP contribution >= 0.6 is 34.8 Å². The summed E-state index contributed by atoms with van der Waals surface area (Å²) in [7, 11) is 0. The second kappa shape index (κ2) is 11.3. The number of rotatable bonds is 5. The summed E-state index contributed by atoms with van der Waals surface area (Å²) in [6.45, 7) is 5.07. The Morgan fingerprint density at radius 2 is 1.51 bits per heavy atom. The minimum Gasteiger partial charge on any atom is -0.493 e. The molecule has 2 aliphatic rings. The molecule has 2 amide bonds. The molecule has 0 bridgehead atoms. The maximum absolute atomic E-state index is 14.2. The topological polar surface area (TPSA) is 57.2 Å². The van der Waals surface area contributed by atoms with E-state index in [-0.39, 0.29) is 12.1 Å². The smallest absolute Gasteiger partial charge is 0.326 e. The van der Waals surface area contributed by atoms with Crippen molar-refractivity contribution in [1.29, 1.82) is 0 Å². The predicted octanol–water partition coefficient (Wildman–Crippen LogP) is 6.62. The first-order chi connectivity index (χ1) is 18.0. The van der Waals surface area contributed by atoms with Gasteiger partial charge in [0.1, 0.15) is 17.6 Å². The molecule has 6 nitrogen and oxygen atoms in total. The number of amides is 2. The predicted molar refractivity (Wildman–Crippen MR) is 149 cm³/mol. The first-order valence-electron chi connectivity index (χ1n) is 12.3. The van der Waals surface area contributed by atoms with Crippen molar-refractivity contribution < 1.29 is 9.53 Å². The molecule has 0 saturated carbocycles. The van der Waals surface area contributed by atoms with E-state index in [1.165, 1.54) is 0 Å². The van der Waals surface area contributed by atoms with Crippen LogP contribution in [0.1, 0.15) is 35.7 Å². The molecule has 3 aromatic rings. The lowest BCUT2D eigenvalue weighted by molar-refractivity contribution is 0.157. The number of urea groups is 1. The maximum atomic E-state index is 14.2. The maximum Gasteiger partial charge on any atom is 0.326 e. The second-order valence-electron chi connectivity index (χ2n) is 8.91. The number of benzene rings is 3. The molecule has 1 fully saturated rings. The highest BCUT2D eigenvalue weighted by atomic mass is 35.5. The van der Waals surface area contributed by atoms with Crippen molar-refractivity contribution in [3.63, 3.8) is 0 Å². The zero-order valence-electron chi connectivity index (χ0n) is 20.3. The number of carbonyl (C=O) groups is 1. The normalized spacial score (nSPS) is 19.6. The van der Waals surface area contributed by atoms with Crippen molar-refractivity contribution in [2.75, 3.05) is 32.8 Å². The number of nitrogens with one attached hydrogen (secondary N) is 1. The fraction of sp³-hybridized carbons (Fsp3) is 0.286. The molecule has 192 valence electrons. The lowest BCUT2D eigenvalue weighted by atomic mass is 9.93. The highest BCUT2D eigenvalue weighted by molar-refractivity contribution is 6.31. The van der Waals surface area contributed by atoms with Crippen molar-refractivity contribution >= 4 is 46.7 Å². The van der Waals surface area contributed by atoms with Crippen molar-refractivity contribution in [1.82, 2.24) is 15.1 Å². The second-order valence-corrected chi connectivity index (χ2v) is 10.2. The van der Waals surface area contributed by atoms with Crippen LogP contribution < -0.4 is 10.1 Å². The summed E-state index contributed by atoms with van der Waals surface area (Å²) in [5, 5.41) is 5.14. The average molecular weight is 558 g/mol. The van der Waals surface area contributed by atoms with Crippen LogP contribution in [0.2, 0.25) is 15.1 Å². The summed E-state index contributed by atoms with van der Waals surface area (Å²) in [5.74, 6) is 1.13. The Kier molecular flexibility index (Phi) is 7.91. The zero-order chi connectivity index (χ0) is 25.9. The molecule has 5 rings (SSSR count). The van der Waals surface area contributed by atoms with Crippen molar-refractivity contribution in [2.24, 2.45) is 4.99 Å². The van der Waals surface area contributed by atoms with Crippen LogP contribution in [0.5, 0.6) is 5.75 Å². The van der Waals surface area contributed by atoms with Crippen LogP contribution in [0.3, 0.4) is 0 Å². The van der Waals surface area contributed by atoms with Crippen LogP contribution in [-0.4, -0.2) is 54.5 Å². The summed E-state index contributed by atoms with van der Waals surface area (Å²) >= 11 is 18.8. The average Bonchev–Trinajstić information content (AvgIpc) is 3.30. The van der Waals surface area contributed by atoms with Gasteiger partial charge in [0.2, 0.25) is 0 Å². The summed E-state index contributed by atoms with van der Waals surface area (Å²) in [6, 6.07) is 19.8. The largest absolute Gasteiger partial charge is 0.493 e. The number of hydrogen-bond donors (Lipinski definition) is 1. The van der Waals surface area contributed by atoms with Crippen LogP contribution in [-0.2, 0) is 0 Å². The summed E-state index contributed by atoms with van der Waals surface area (Å²) in [5.41, 5.74) is 2.59. The summed E-state index contributed by atoms with van der Waals surface area (Å²) in [4.78, 5) is 23.1. The van der Waals surface area contributed by atoms with E-state index in [4.69, 9.17) is 44.5 Å². The van der Waals surface area contributed by atoms with Gasteiger partial charge in [-0.1, -0.05) is 59.1 Å². The Morgan fingerprint density at radius 3 is 2.14 bits per heavy atom. The standard InChI is InChI=1S/C28H27Cl3N4O2/c1-2-37-24-17-22(31)11-12-23(24)27-33-25(18-3-7-20(29)8-4-18)26(19-5-9-21(30)10-6-19)35(27)28(36)34-15-13-32-14-16-34/h3-12,17,25-26,32H,2,13-16H2,1H3. The number of hydrogen-bond acceptors (Lipinski definition) is 4. The third-order valence-electron chi connectivity index (χ3n) is 6.57. The Balaban J connectivity index is 1.69. The van der Waals surface area contributed by atoms with Crippen LogP contribution in [0.4, 0.5) is 4.79 Å². The summed E-state index contributed by atoms with van der Waals surface area (Å²) < 4.78 is 5.96. The molecule has 3 aromatic carbocycles. The lowest BCUT2D eigenvalue weighted by Crippen LogP contribution is -2.53. The first kappa shape index (κ1) is 25.9. The van der Waals surface area contributed by atoms with Gasteiger partial charge in [0.15, 0.2) is 0 Å². The fourth-order valence-electron chi connectivity index (χ4n) is 4.82. The molecule has 1 saturated heterocycles. The van der Waals surface area contributed by atoms with Gasteiger partial charge in [-0.3, -0.25) is 9.89 Å². The third kappa shape index (κ3) is 5.43. The SMILES string of the molecule is CCOc1cc(Cl)ccc1C1=NC(c2ccc(Cl)cc2)C(c2ccc(Cl)cc2)N1C(=O)N1CCNCC1. The lowest BCUT2D eigenvalue weighted by Gasteiger charge is -2.36. The van der Waals surface area contributed by atoms with Gasteiger partial charge in [-0.2, -0.15) is 0 Å². The minimum atomic E-state index is -0.402. The highest BCUT2D eigenvalue weighted by Gasteiger charge is 2.44. The van der Waals surface area contributed by atoms with E-state index < -0.39 is 6.04 Å².